The molecule has 2 rings (SSSR count). The second-order valence-electron chi connectivity index (χ2n) is 5.30. The van der Waals surface area contributed by atoms with Crippen LogP contribution in [0.4, 0.5) is 13.2 Å². The van der Waals surface area contributed by atoms with Gasteiger partial charge in [0.05, 0.1) is 19.4 Å². The SMILES string of the molecule is CCCNCc1occc1CN(CC(F)(F)F)C1CC1. The number of hydrogen-bond donors (Lipinski definition) is 1. The number of nitrogens with zero attached hydrogens (tertiary/aromatic N) is 1. The van der Waals surface area contributed by atoms with Crippen molar-refractivity contribution >= 4 is 0 Å². The van der Waals surface area contributed by atoms with Crippen molar-refractivity contribution in [2.75, 3.05) is 13.1 Å². The van der Waals surface area contributed by atoms with E-state index in [1.54, 1.807) is 12.3 Å². The molecule has 0 spiro atoms. The minimum atomic E-state index is -4.15. The van der Waals surface area contributed by atoms with Crippen LogP contribution in [-0.4, -0.2) is 30.2 Å². The van der Waals surface area contributed by atoms with Gasteiger partial charge in [-0.25, -0.2) is 0 Å². The fraction of sp³-hybridized carbons (Fsp3) is 0.714. The minimum Gasteiger partial charge on any atom is -0.468 e. The van der Waals surface area contributed by atoms with Crippen LogP contribution in [0, 0.1) is 0 Å². The summed E-state index contributed by atoms with van der Waals surface area (Å²) in [6.45, 7) is 2.97. The Bertz CT molecular complexity index is 413. The van der Waals surface area contributed by atoms with E-state index < -0.39 is 12.7 Å². The number of alkyl halides is 3. The van der Waals surface area contributed by atoms with Gasteiger partial charge in [0.1, 0.15) is 5.76 Å². The van der Waals surface area contributed by atoms with E-state index in [9.17, 15) is 13.2 Å². The van der Waals surface area contributed by atoms with Crippen LogP contribution in [0.1, 0.15) is 37.5 Å². The Morgan fingerprint density at radius 2 is 2.15 bits per heavy atom. The van der Waals surface area contributed by atoms with Crippen molar-refractivity contribution in [2.24, 2.45) is 0 Å². The molecule has 1 saturated carbocycles. The van der Waals surface area contributed by atoms with Crippen LogP contribution in [-0.2, 0) is 13.1 Å². The van der Waals surface area contributed by atoms with E-state index in [-0.39, 0.29) is 6.04 Å². The van der Waals surface area contributed by atoms with Crippen LogP contribution in [0.3, 0.4) is 0 Å². The van der Waals surface area contributed by atoms with Crippen molar-refractivity contribution in [1.82, 2.24) is 10.2 Å². The average molecular weight is 290 g/mol. The molecule has 0 radical (unpaired) electrons. The van der Waals surface area contributed by atoms with Gasteiger partial charge in [-0.15, -0.1) is 0 Å². The van der Waals surface area contributed by atoms with Gasteiger partial charge in [0, 0.05) is 18.2 Å². The summed E-state index contributed by atoms with van der Waals surface area (Å²) in [6, 6.07) is 1.84. The topological polar surface area (TPSA) is 28.4 Å². The molecule has 0 bridgehead atoms. The Labute approximate surface area is 117 Å². The number of furan rings is 1. The van der Waals surface area contributed by atoms with Crippen molar-refractivity contribution in [3.8, 4) is 0 Å². The van der Waals surface area contributed by atoms with Gasteiger partial charge < -0.3 is 9.73 Å². The molecule has 114 valence electrons. The normalized spacial score (nSPS) is 16.1. The van der Waals surface area contributed by atoms with Crippen molar-refractivity contribution < 1.29 is 17.6 Å². The van der Waals surface area contributed by atoms with Gasteiger partial charge in [0.15, 0.2) is 0 Å². The lowest BCUT2D eigenvalue weighted by molar-refractivity contribution is -0.148. The highest BCUT2D eigenvalue weighted by molar-refractivity contribution is 5.17. The summed E-state index contributed by atoms with van der Waals surface area (Å²) in [7, 11) is 0. The highest BCUT2D eigenvalue weighted by Gasteiger charge is 2.38. The lowest BCUT2D eigenvalue weighted by atomic mass is 10.2. The number of rotatable bonds is 8. The molecule has 0 aromatic carbocycles. The van der Waals surface area contributed by atoms with Crippen LogP contribution in [0.25, 0.3) is 0 Å². The van der Waals surface area contributed by atoms with E-state index in [0.717, 1.165) is 37.1 Å². The van der Waals surface area contributed by atoms with E-state index in [0.29, 0.717) is 13.1 Å². The number of nitrogens with one attached hydrogen (secondary N) is 1. The van der Waals surface area contributed by atoms with Gasteiger partial charge in [0.25, 0.3) is 0 Å². The van der Waals surface area contributed by atoms with Crippen LogP contribution in [0.2, 0.25) is 0 Å². The molecule has 0 atom stereocenters. The van der Waals surface area contributed by atoms with Gasteiger partial charge >= 0.3 is 6.18 Å². The van der Waals surface area contributed by atoms with Gasteiger partial charge in [-0.1, -0.05) is 6.92 Å². The maximum absolute atomic E-state index is 12.6. The summed E-state index contributed by atoms with van der Waals surface area (Å²) in [6.07, 6.45) is 0.136. The molecule has 1 aromatic rings. The Morgan fingerprint density at radius 3 is 2.75 bits per heavy atom. The second kappa shape index (κ2) is 6.63. The average Bonchev–Trinajstić information content (AvgIpc) is 3.11. The van der Waals surface area contributed by atoms with Gasteiger partial charge in [-0.05, 0) is 31.9 Å². The maximum Gasteiger partial charge on any atom is 0.401 e. The first kappa shape index (κ1) is 15.4. The molecular formula is C14H21F3N2O. The zero-order valence-electron chi connectivity index (χ0n) is 11.7. The molecule has 3 nitrogen and oxygen atoms in total. The summed E-state index contributed by atoms with van der Waals surface area (Å²) in [5.74, 6) is 0.742. The zero-order chi connectivity index (χ0) is 14.6. The van der Waals surface area contributed by atoms with E-state index in [4.69, 9.17) is 4.42 Å². The van der Waals surface area contributed by atoms with Crippen LogP contribution >= 0.6 is 0 Å². The summed E-state index contributed by atoms with van der Waals surface area (Å²) < 4.78 is 43.2. The van der Waals surface area contributed by atoms with Crippen molar-refractivity contribution in [3.63, 3.8) is 0 Å². The summed E-state index contributed by atoms with van der Waals surface area (Å²) in [4.78, 5) is 1.51. The smallest absolute Gasteiger partial charge is 0.401 e. The molecule has 20 heavy (non-hydrogen) atoms. The Kier molecular flexibility index (Phi) is 5.10. The van der Waals surface area contributed by atoms with E-state index >= 15 is 0 Å². The monoisotopic (exact) mass is 290 g/mol. The minimum absolute atomic E-state index is 0.0722. The lowest BCUT2D eigenvalue weighted by Gasteiger charge is -2.23. The third-order valence-corrected chi connectivity index (χ3v) is 3.37. The molecule has 1 heterocycles. The number of halogens is 3. The van der Waals surface area contributed by atoms with E-state index in [1.165, 1.54) is 4.90 Å². The van der Waals surface area contributed by atoms with Gasteiger partial charge in [-0.3, -0.25) is 4.90 Å². The fourth-order valence-corrected chi connectivity index (χ4v) is 2.24. The third-order valence-electron chi connectivity index (χ3n) is 3.37. The number of hydrogen-bond acceptors (Lipinski definition) is 3. The van der Waals surface area contributed by atoms with E-state index in [2.05, 4.69) is 12.2 Å². The van der Waals surface area contributed by atoms with Gasteiger partial charge in [-0.2, -0.15) is 13.2 Å². The van der Waals surface area contributed by atoms with Crippen molar-refractivity contribution in [3.05, 3.63) is 23.7 Å². The molecule has 1 N–H and O–H groups in total. The second-order valence-corrected chi connectivity index (χ2v) is 5.30. The zero-order valence-corrected chi connectivity index (χ0v) is 11.7. The Balaban J connectivity index is 1.94. The van der Waals surface area contributed by atoms with Crippen LogP contribution in [0.5, 0.6) is 0 Å². The molecule has 1 fully saturated rings. The molecule has 1 aliphatic carbocycles. The predicted molar refractivity (Wildman–Crippen MR) is 70.2 cm³/mol. The highest BCUT2D eigenvalue weighted by atomic mass is 19.4. The summed E-state index contributed by atoms with van der Waals surface area (Å²) in [5.41, 5.74) is 0.852. The molecular weight excluding hydrogens is 269 g/mol. The first-order valence-corrected chi connectivity index (χ1v) is 7.06. The lowest BCUT2D eigenvalue weighted by Crippen LogP contribution is -2.35. The van der Waals surface area contributed by atoms with Crippen molar-refractivity contribution in [1.29, 1.82) is 0 Å². The first-order chi connectivity index (χ1) is 9.49. The maximum atomic E-state index is 12.6. The first-order valence-electron chi connectivity index (χ1n) is 7.06. The highest BCUT2D eigenvalue weighted by Crippen LogP contribution is 2.32. The molecule has 1 aliphatic rings. The largest absolute Gasteiger partial charge is 0.468 e. The fourth-order valence-electron chi connectivity index (χ4n) is 2.24. The molecule has 1 aromatic heterocycles. The molecule has 0 aliphatic heterocycles. The molecule has 0 amide bonds. The summed E-state index contributed by atoms with van der Waals surface area (Å²) in [5, 5.41) is 3.21. The van der Waals surface area contributed by atoms with Crippen LogP contribution in [0.15, 0.2) is 16.7 Å². The Hall–Kier alpha value is -1.01. The van der Waals surface area contributed by atoms with E-state index in [1.807, 2.05) is 0 Å². The van der Waals surface area contributed by atoms with Gasteiger partial charge in [0.2, 0.25) is 0 Å². The van der Waals surface area contributed by atoms with Crippen LogP contribution < -0.4 is 5.32 Å². The molecule has 0 saturated heterocycles. The predicted octanol–water partition coefficient (Wildman–Crippen LogP) is 3.31. The third kappa shape index (κ3) is 4.83. The van der Waals surface area contributed by atoms with Crippen molar-refractivity contribution in [2.45, 2.75) is 51.5 Å². The molecule has 0 unspecified atom stereocenters. The summed E-state index contributed by atoms with van der Waals surface area (Å²) >= 11 is 0. The Morgan fingerprint density at radius 1 is 1.40 bits per heavy atom. The standard InChI is InChI=1S/C14H21F3N2O/c1-2-6-18-8-13-11(5-7-20-13)9-19(12-3-4-12)10-14(15,16)17/h5,7,12,18H,2-4,6,8-10H2,1H3. The quantitative estimate of drug-likeness (QED) is 0.745. The molecule has 6 heteroatoms.